The van der Waals surface area contributed by atoms with Crippen molar-refractivity contribution >= 4 is 11.9 Å². The Morgan fingerprint density at radius 2 is 1.42 bits per heavy atom. The van der Waals surface area contributed by atoms with Crippen LogP contribution in [0.1, 0.15) is 65.7 Å². The van der Waals surface area contributed by atoms with E-state index in [1.807, 2.05) is 20.8 Å². The Morgan fingerprint density at radius 3 is 1.96 bits per heavy atom. The van der Waals surface area contributed by atoms with E-state index in [4.69, 9.17) is 14.2 Å². The molecule has 0 saturated heterocycles. The Labute approximate surface area is 144 Å². The molecule has 0 unspecified atom stereocenters. The van der Waals surface area contributed by atoms with Crippen molar-refractivity contribution in [3.63, 3.8) is 0 Å². The molecule has 0 N–H and O–H groups in total. The predicted molar refractivity (Wildman–Crippen MR) is 92.5 cm³/mol. The molecule has 0 fully saturated rings. The number of hydrogen-bond acceptors (Lipinski definition) is 5. The van der Waals surface area contributed by atoms with E-state index in [1.165, 1.54) is 0 Å². The third-order valence-corrected chi connectivity index (χ3v) is 3.30. The van der Waals surface area contributed by atoms with E-state index in [1.54, 1.807) is 18.2 Å². The summed E-state index contributed by atoms with van der Waals surface area (Å²) in [5.74, 6) is 0.406. The van der Waals surface area contributed by atoms with Crippen LogP contribution in [0.15, 0.2) is 18.2 Å². The van der Waals surface area contributed by atoms with Gasteiger partial charge in [0, 0.05) is 18.9 Å². The van der Waals surface area contributed by atoms with Crippen LogP contribution >= 0.6 is 0 Å². The van der Waals surface area contributed by atoms with Gasteiger partial charge in [-0.3, -0.25) is 9.59 Å². The van der Waals surface area contributed by atoms with E-state index < -0.39 is 0 Å². The van der Waals surface area contributed by atoms with Gasteiger partial charge >= 0.3 is 11.9 Å². The monoisotopic (exact) mass is 336 g/mol. The molecule has 0 aromatic heterocycles. The number of esters is 2. The zero-order valence-electron chi connectivity index (χ0n) is 14.9. The third-order valence-electron chi connectivity index (χ3n) is 3.30. The van der Waals surface area contributed by atoms with Gasteiger partial charge in [-0.25, -0.2) is 0 Å². The molecule has 0 spiro atoms. The van der Waals surface area contributed by atoms with Gasteiger partial charge in [-0.2, -0.15) is 0 Å². The van der Waals surface area contributed by atoms with Gasteiger partial charge in [-0.05, 0) is 31.4 Å². The van der Waals surface area contributed by atoms with Crippen molar-refractivity contribution in [3.8, 4) is 17.2 Å². The summed E-state index contributed by atoms with van der Waals surface area (Å²) in [6.45, 7) is 6.59. The third kappa shape index (κ3) is 7.49. The quantitative estimate of drug-likeness (QED) is 0.434. The van der Waals surface area contributed by atoms with Crippen molar-refractivity contribution in [2.45, 2.75) is 65.7 Å². The summed E-state index contributed by atoms with van der Waals surface area (Å²) in [5.41, 5.74) is 0. The van der Waals surface area contributed by atoms with Gasteiger partial charge in [-0.15, -0.1) is 0 Å². The molecule has 0 bridgehead atoms. The molecule has 0 aliphatic rings. The highest BCUT2D eigenvalue weighted by molar-refractivity contribution is 5.76. The molecule has 0 amide bonds. The molecule has 1 rings (SSSR count). The molecule has 0 radical (unpaired) electrons. The number of ether oxygens (including phenoxy) is 3. The second-order valence-electron chi connectivity index (χ2n) is 5.61. The van der Waals surface area contributed by atoms with Crippen molar-refractivity contribution in [1.29, 1.82) is 0 Å². The Balaban J connectivity index is 2.86. The summed E-state index contributed by atoms with van der Waals surface area (Å²) in [5, 5.41) is 0. The number of benzene rings is 1. The van der Waals surface area contributed by atoms with Crippen LogP contribution in [0, 0.1) is 0 Å². The Hall–Kier alpha value is -2.04. The van der Waals surface area contributed by atoms with Crippen molar-refractivity contribution in [1.82, 2.24) is 0 Å². The van der Waals surface area contributed by atoms with E-state index in [9.17, 15) is 9.59 Å². The minimum atomic E-state index is -0.338. The molecule has 0 aliphatic heterocycles. The van der Waals surface area contributed by atoms with Gasteiger partial charge in [0.1, 0.15) is 5.75 Å². The van der Waals surface area contributed by atoms with Crippen molar-refractivity contribution in [2.75, 3.05) is 6.61 Å². The second kappa shape index (κ2) is 11.5. The zero-order chi connectivity index (χ0) is 17.8. The molecule has 24 heavy (non-hydrogen) atoms. The molecule has 5 heteroatoms. The normalized spacial score (nSPS) is 10.3. The van der Waals surface area contributed by atoms with Crippen molar-refractivity contribution < 1.29 is 23.8 Å². The first-order chi connectivity index (χ1) is 11.6. The number of unbranched alkanes of at least 4 members (excludes halogenated alkanes) is 2. The Kier molecular flexibility index (Phi) is 9.58. The predicted octanol–water partition coefficient (Wildman–Crippen LogP) is 4.67. The number of hydrogen-bond donors (Lipinski definition) is 0. The lowest BCUT2D eigenvalue weighted by Crippen LogP contribution is -2.12. The van der Waals surface area contributed by atoms with E-state index in [0.717, 1.165) is 32.1 Å². The van der Waals surface area contributed by atoms with Crippen LogP contribution in [-0.2, 0) is 9.59 Å². The lowest BCUT2D eigenvalue weighted by atomic mass is 10.2. The first-order valence-electron chi connectivity index (χ1n) is 8.78. The molecule has 1 aromatic carbocycles. The Bertz CT molecular complexity index is 524. The van der Waals surface area contributed by atoms with Crippen LogP contribution in [0.25, 0.3) is 0 Å². The maximum Gasteiger partial charge on any atom is 0.311 e. The van der Waals surface area contributed by atoms with Crippen LogP contribution in [-0.4, -0.2) is 18.5 Å². The Morgan fingerprint density at radius 1 is 0.833 bits per heavy atom. The maximum absolute atomic E-state index is 11.9. The summed E-state index contributed by atoms with van der Waals surface area (Å²) in [4.78, 5) is 23.7. The fourth-order valence-corrected chi connectivity index (χ4v) is 1.95. The molecule has 134 valence electrons. The molecule has 0 atom stereocenters. The molecule has 5 nitrogen and oxygen atoms in total. The molecule has 1 aromatic rings. The van der Waals surface area contributed by atoms with E-state index >= 15 is 0 Å². The lowest BCUT2D eigenvalue weighted by molar-refractivity contribution is -0.137. The van der Waals surface area contributed by atoms with Gasteiger partial charge < -0.3 is 14.2 Å². The van der Waals surface area contributed by atoms with Gasteiger partial charge in [-0.1, -0.05) is 33.6 Å². The van der Waals surface area contributed by atoms with Gasteiger partial charge in [0.05, 0.1) is 6.61 Å². The van der Waals surface area contributed by atoms with E-state index in [-0.39, 0.29) is 23.4 Å². The first kappa shape index (κ1) is 20.0. The molecular formula is C19H28O5. The first-order valence-corrected chi connectivity index (χ1v) is 8.78. The van der Waals surface area contributed by atoms with Gasteiger partial charge in [0.2, 0.25) is 0 Å². The second-order valence-corrected chi connectivity index (χ2v) is 5.61. The zero-order valence-corrected chi connectivity index (χ0v) is 14.9. The summed E-state index contributed by atoms with van der Waals surface area (Å²) < 4.78 is 16.3. The summed E-state index contributed by atoms with van der Waals surface area (Å²) in [6.07, 6.45) is 4.90. The maximum atomic E-state index is 11.9. The van der Waals surface area contributed by atoms with Crippen LogP contribution in [0.2, 0.25) is 0 Å². The lowest BCUT2D eigenvalue weighted by Gasteiger charge is -2.13. The van der Waals surface area contributed by atoms with Crippen molar-refractivity contribution in [2.24, 2.45) is 0 Å². The topological polar surface area (TPSA) is 61.8 Å². The number of carbonyl (C=O) groups excluding carboxylic acids is 2. The average molecular weight is 336 g/mol. The smallest absolute Gasteiger partial charge is 0.311 e. The largest absolute Gasteiger partial charge is 0.493 e. The van der Waals surface area contributed by atoms with Crippen LogP contribution in [0.4, 0.5) is 0 Å². The average Bonchev–Trinajstić information content (AvgIpc) is 2.58. The minimum absolute atomic E-state index is 0.231. The molecular weight excluding hydrogens is 308 g/mol. The number of rotatable bonds is 11. The fraction of sp³-hybridized carbons (Fsp3) is 0.579. The van der Waals surface area contributed by atoms with Gasteiger partial charge in [0.15, 0.2) is 11.5 Å². The minimum Gasteiger partial charge on any atom is -0.493 e. The van der Waals surface area contributed by atoms with E-state index in [2.05, 4.69) is 0 Å². The summed E-state index contributed by atoms with van der Waals surface area (Å²) in [6, 6.07) is 4.92. The van der Waals surface area contributed by atoms with E-state index in [0.29, 0.717) is 25.2 Å². The highest BCUT2D eigenvalue weighted by Gasteiger charge is 2.15. The van der Waals surface area contributed by atoms with Crippen molar-refractivity contribution in [3.05, 3.63) is 18.2 Å². The molecule has 0 saturated carbocycles. The molecule has 0 heterocycles. The van der Waals surface area contributed by atoms with Crippen LogP contribution in [0.5, 0.6) is 17.2 Å². The summed E-state index contributed by atoms with van der Waals surface area (Å²) in [7, 11) is 0. The van der Waals surface area contributed by atoms with Crippen LogP contribution in [0.3, 0.4) is 0 Å². The number of carbonyl (C=O) groups is 2. The fourth-order valence-electron chi connectivity index (χ4n) is 1.95. The molecule has 0 aliphatic carbocycles. The SMILES string of the molecule is CCCCC(=O)Oc1ccc(OCCC)cc1OC(=O)CCCC. The highest BCUT2D eigenvalue weighted by Crippen LogP contribution is 2.32. The highest BCUT2D eigenvalue weighted by atomic mass is 16.6. The standard InChI is InChI=1S/C19H28O5/c1-4-7-9-18(20)23-16-12-11-15(22-13-6-3)14-17(16)24-19(21)10-8-5-2/h11-12,14H,4-10,13H2,1-3H3. The summed E-state index contributed by atoms with van der Waals surface area (Å²) >= 11 is 0. The van der Waals surface area contributed by atoms with Gasteiger partial charge in [0.25, 0.3) is 0 Å². The van der Waals surface area contributed by atoms with Crippen LogP contribution < -0.4 is 14.2 Å².